The highest BCUT2D eigenvalue weighted by molar-refractivity contribution is 6.03. The third-order valence-corrected chi connectivity index (χ3v) is 3.53. The molecule has 1 heterocycles. The fraction of sp³-hybridized carbons (Fsp3) is 0.312. The van der Waals surface area contributed by atoms with Gasteiger partial charge in [0.25, 0.3) is 11.5 Å². The van der Waals surface area contributed by atoms with E-state index in [0.29, 0.717) is 11.6 Å². The van der Waals surface area contributed by atoms with Crippen LogP contribution in [-0.4, -0.2) is 15.0 Å². The third-order valence-electron chi connectivity index (χ3n) is 3.53. The highest BCUT2D eigenvalue weighted by Crippen LogP contribution is 2.17. The van der Waals surface area contributed by atoms with Gasteiger partial charge in [-0.3, -0.25) is 14.2 Å². The van der Waals surface area contributed by atoms with E-state index in [1.54, 1.807) is 12.1 Å². The first-order valence-electron chi connectivity index (χ1n) is 6.99. The summed E-state index contributed by atoms with van der Waals surface area (Å²) in [5, 5.41) is 2.67. The van der Waals surface area contributed by atoms with Crippen LogP contribution in [0, 0.1) is 0 Å². The molecule has 22 heavy (non-hydrogen) atoms. The molecule has 0 saturated heterocycles. The lowest BCUT2D eigenvalue weighted by Gasteiger charge is -2.09. The van der Waals surface area contributed by atoms with Crippen LogP contribution < -0.4 is 16.6 Å². The van der Waals surface area contributed by atoms with Gasteiger partial charge in [0.05, 0.1) is 0 Å². The number of anilines is 1. The van der Waals surface area contributed by atoms with E-state index in [1.807, 2.05) is 12.1 Å². The second-order valence-electron chi connectivity index (χ2n) is 5.53. The van der Waals surface area contributed by atoms with Crippen molar-refractivity contribution in [1.82, 2.24) is 9.13 Å². The molecule has 6 nitrogen and oxygen atoms in total. The second-order valence-corrected chi connectivity index (χ2v) is 5.53. The quantitative estimate of drug-likeness (QED) is 0.932. The average Bonchev–Trinajstić information content (AvgIpc) is 2.49. The van der Waals surface area contributed by atoms with E-state index in [0.717, 1.165) is 10.1 Å². The molecule has 6 heteroatoms. The van der Waals surface area contributed by atoms with Crippen molar-refractivity contribution in [3.63, 3.8) is 0 Å². The van der Waals surface area contributed by atoms with Crippen LogP contribution in [0.15, 0.2) is 40.1 Å². The van der Waals surface area contributed by atoms with Crippen LogP contribution >= 0.6 is 0 Å². The topological polar surface area (TPSA) is 73.1 Å². The van der Waals surface area contributed by atoms with Gasteiger partial charge in [-0.2, -0.15) is 0 Å². The minimum absolute atomic E-state index is 0.0717. The number of benzene rings is 1. The van der Waals surface area contributed by atoms with Crippen molar-refractivity contribution in [3.8, 4) is 0 Å². The first-order valence-corrected chi connectivity index (χ1v) is 6.99. The highest BCUT2D eigenvalue weighted by atomic mass is 16.2. The summed E-state index contributed by atoms with van der Waals surface area (Å²) in [6.07, 6.45) is 1.25. The monoisotopic (exact) mass is 301 g/mol. The van der Waals surface area contributed by atoms with Crippen LogP contribution in [0.4, 0.5) is 5.69 Å². The van der Waals surface area contributed by atoms with Crippen molar-refractivity contribution in [2.75, 3.05) is 5.32 Å². The molecule has 0 atom stereocenters. The molecule has 0 aliphatic heterocycles. The summed E-state index contributed by atoms with van der Waals surface area (Å²) >= 11 is 0. The Morgan fingerprint density at radius 2 is 1.68 bits per heavy atom. The number of carbonyl (C=O) groups excluding carboxylic acids is 1. The van der Waals surface area contributed by atoms with Gasteiger partial charge < -0.3 is 9.88 Å². The van der Waals surface area contributed by atoms with E-state index in [1.165, 1.54) is 24.9 Å². The highest BCUT2D eigenvalue weighted by Gasteiger charge is 2.14. The number of nitrogens with zero attached hydrogens (tertiary/aromatic N) is 2. The van der Waals surface area contributed by atoms with Gasteiger partial charge in [0.15, 0.2) is 0 Å². The number of hydrogen-bond acceptors (Lipinski definition) is 3. The summed E-state index contributed by atoms with van der Waals surface area (Å²) in [5.41, 5.74) is 0.612. The van der Waals surface area contributed by atoms with Crippen LogP contribution in [0.2, 0.25) is 0 Å². The average molecular weight is 301 g/mol. The number of hydrogen-bond donors (Lipinski definition) is 1. The molecule has 2 rings (SSSR count). The number of carbonyl (C=O) groups is 1. The van der Waals surface area contributed by atoms with E-state index >= 15 is 0 Å². The summed E-state index contributed by atoms with van der Waals surface area (Å²) in [6.45, 7) is 4.17. The molecule has 1 aromatic carbocycles. The summed E-state index contributed by atoms with van der Waals surface area (Å²) in [7, 11) is 2.84. The van der Waals surface area contributed by atoms with E-state index in [-0.39, 0.29) is 5.56 Å². The fourth-order valence-corrected chi connectivity index (χ4v) is 2.11. The van der Waals surface area contributed by atoms with Gasteiger partial charge in [-0.05, 0) is 23.6 Å². The Hall–Kier alpha value is -2.63. The molecule has 0 radical (unpaired) electrons. The molecule has 0 fully saturated rings. The number of nitrogens with one attached hydrogen (secondary N) is 1. The normalized spacial score (nSPS) is 10.8. The van der Waals surface area contributed by atoms with Gasteiger partial charge >= 0.3 is 5.69 Å². The zero-order valence-corrected chi connectivity index (χ0v) is 13.1. The molecule has 1 N–H and O–H groups in total. The van der Waals surface area contributed by atoms with Crippen LogP contribution in [0.5, 0.6) is 0 Å². The molecular formula is C16H19N3O3. The Morgan fingerprint density at radius 3 is 2.23 bits per heavy atom. The van der Waals surface area contributed by atoms with Gasteiger partial charge in [-0.1, -0.05) is 26.0 Å². The predicted octanol–water partition coefficient (Wildman–Crippen LogP) is 1.46. The van der Waals surface area contributed by atoms with E-state index in [9.17, 15) is 14.4 Å². The van der Waals surface area contributed by atoms with Crippen LogP contribution in [0.25, 0.3) is 0 Å². The number of rotatable bonds is 3. The first-order chi connectivity index (χ1) is 10.3. The second kappa shape index (κ2) is 6.01. The molecule has 0 aliphatic carbocycles. The molecule has 0 unspecified atom stereocenters. The van der Waals surface area contributed by atoms with E-state index in [2.05, 4.69) is 19.2 Å². The van der Waals surface area contributed by atoms with Gasteiger partial charge in [-0.15, -0.1) is 0 Å². The third kappa shape index (κ3) is 3.00. The van der Waals surface area contributed by atoms with Crippen LogP contribution in [0.3, 0.4) is 0 Å². The largest absolute Gasteiger partial charge is 0.330 e. The van der Waals surface area contributed by atoms with Crippen molar-refractivity contribution in [1.29, 1.82) is 0 Å². The van der Waals surface area contributed by atoms with Gasteiger partial charge in [-0.25, -0.2) is 4.79 Å². The molecule has 1 amide bonds. The Balaban J connectivity index is 2.30. The number of aryl methyl sites for hydroxylation is 1. The standard InChI is InChI=1S/C16H19N3O3/c1-10(2)11-5-7-12(8-6-11)17-14(20)13-9-18(3)16(22)19(4)15(13)21/h5-10H,1-4H3,(H,17,20). The lowest BCUT2D eigenvalue weighted by molar-refractivity contribution is 0.102. The van der Waals surface area contributed by atoms with Crippen molar-refractivity contribution >= 4 is 11.6 Å². The molecule has 116 valence electrons. The lowest BCUT2D eigenvalue weighted by atomic mass is 10.0. The predicted molar refractivity (Wildman–Crippen MR) is 85.4 cm³/mol. The minimum Gasteiger partial charge on any atom is -0.322 e. The zero-order valence-electron chi connectivity index (χ0n) is 13.1. The Kier molecular flexibility index (Phi) is 4.30. The lowest BCUT2D eigenvalue weighted by Crippen LogP contribution is -2.40. The summed E-state index contributed by atoms with van der Waals surface area (Å²) in [4.78, 5) is 35.9. The van der Waals surface area contributed by atoms with Crippen molar-refractivity contribution in [2.24, 2.45) is 14.1 Å². The maximum Gasteiger partial charge on any atom is 0.330 e. The summed E-state index contributed by atoms with van der Waals surface area (Å²) in [5.74, 6) is -0.130. The van der Waals surface area contributed by atoms with Crippen molar-refractivity contribution in [3.05, 3.63) is 62.4 Å². The maximum atomic E-state index is 12.2. The van der Waals surface area contributed by atoms with E-state index in [4.69, 9.17) is 0 Å². The Labute approximate surface area is 128 Å². The zero-order chi connectivity index (χ0) is 16.4. The number of amides is 1. The van der Waals surface area contributed by atoms with Crippen molar-refractivity contribution in [2.45, 2.75) is 19.8 Å². The van der Waals surface area contributed by atoms with Crippen LogP contribution in [-0.2, 0) is 14.1 Å². The fourth-order valence-electron chi connectivity index (χ4n) is 2.11. The summed E-state index contributed by atoms with van der Waals surface area (Å²) < 4.78 is 2.12. The molecule has 1 aromatic heterocycles. The Bertz CT molecular complexity index is 814. The molecule has 0 bridgehead atoms. The smallest absolute Gasteiger partial charge is 0.322 e. The minimum atomic E-state index is -0.612. The maximum absolute atomic E-state index is 12.2. The molecular weight excluding hydrogens is 282 g/mol. The summed E-state index contributed by atoms with van der Waals surface area (Å²) in [6, 6.07) is 7.44. The first kappa shape index (κ1) is 15.8. The van der Waals surface area contributed by atoms with Crippen LogP contribution in [0.1, 0.15) is 35.7 Å². The molecule has 0 aliphatic rings. The van der Waals surface area contributed by atoms with Gasteiger partial charge in [0.2, 0.25) is 0 Å². The van der Waals surface area contributed by atoms with E-state index < -0.39 is 17.2 Å². The molecule has 2 aromatic rings. The van der Waals surface area contributed by atoms with Gasteiger partial charge in [0, 0.05) is 26.0 Å². The molecule has 0 saturated carbocycles. The molecule has 0 spiro atoms. The number of aromatic nitrogens is 2. The van der Waals surface area contributed by atoms with Gasteiger partial charge in [0.1, 0.15) is 5.56 Å². The van der Waals surface area contributed by atoms with Crippen molar-refractivity contribution < 1.29 is 4.79 Å². The SMILES string of the molecule is CC(C)c1ccc(NC(=O)c2cn(C)c(=O)n(C)c2=O)cc1. The Morgan fingerprint density at radius 1 is 1.09 bits per heavy atom.